The fraction of sp³-hybridized carbons (Fsp3) is 0.478. The van der Waals surface area contributed by atoms with Gasteiger partial charge in [-0.3, -0.25) is 9.59 Å². The Morgan fingerprint density at radius 3 is 2.52 bits per heavy atom. The Morgan fingerprint density at radius 2 is 1.79 bits per heavy atom. The minimum atomic E-state index is -0.470. The van der Waals surface area contributed by atoms with E-state index in [9.17, 15) is 9.59 Å². The van der Waals surface area contributed by atoms with Gasteiger partial charge in [-0.05, 0) is 61.9 Å². The third-order valence-electron chi connectivity index (χ3n) is 5.28. The molecule has 6 heteroatoms. The standard InChI is InChI=1S/C23H30N2O3S/c1-2-3-4-5-8-15-28-17-13-11-16(12-14-17)22(27)25-23-20(21(24)26)18-9-6-7-10-19(18)29-23/h11-14H,2-10,15H2,1H3,(H2,24,26)(H,25,27). The van der Waals surface area contributed by atoms with Crippen LogP contribution in [0.25, 0.3) is 0 Å². The van der Waals surface area contributed by atoms with E-state index in [0.29, 0.717) is 22.7 Å². The van der Waals surface area contributed by atoms with E-state index >= 15 is 0 Å². The van der Waals surface area contributed by atoms with Gasteiger partial charge in [-0.2, -0.15) is 0 Å². The summed E-state index contributed by atoms with van der Waals surface area (Å²) in [5, 5.41) is 3.47. The van der Waals surface area contributed by atoms with Crippen LogP contribution in [-0.2, 0) is 12.8 Å². The third kappa shape index (κ3) is 5.60. The number of thiophene rings is 1. The number of carbonyl (C=O) groups excluding carboxylic acids is 2. The molecule has 2 aromatic rings. The highest BCUT2D eigenvalue weighted by atomic mass is 32.1. The Kier molecular flexibility index (Phi) is 7.69. The molecule has 1 aromatic carbocycles. The maximum absolute atomic E-state index is 12.7. The number of benzene rings is 1. The molecule has 3 rings (SSSR count). The molecule has 0 spiro atoms. The van der Waals surface area contributed by atoms with Crippen molar-refractivity contribution in [1.82, 2.24) is 0 Å². The van der Waals surface area contributed by atoms with Crippen LogP contribution in [0.4, 0.5) is 5.00 Å². The van der Waals surface area contributed by atoms with Crippen LogP contribution in [0.1, 0.15) is 83.0 Å². The second-order valence-corrected chi connectivity index (χ2v) is 8.63. The highest BCUT2D eigenvalue weighted by Gasteiger charge is 2.25. The summed E-state index contributed by atoms with van der Waals surface area (Å²) < 4.78 is 5.75. The third-order valence-corrected chi connectivity index (χ3v) is 6.49. The number of ether oxygens (including phenoxy) is 1. The van der Waals surface area contributed by atoms with Crippen molar-refractivity contribution in [2.75, 3.05) is 11.9 Å². The Balaban J connectivity index is 1.59. The molecule has 0 fully saturated rings. The molecular weight excluding hydrogens is 384 g/mol. The van der Waals surface area contributed by atoms with Crippen molar-refractivity contribution in [1.29, 1.82) is 0 Å². The average Bonchev–Trinajstić information content (AvgIpc) is 3.09. The molecule has 1 aliphatic rings. The van der Waals surface area contributed by atoms with E-state index < -0.39 is 5.91 Å². The first kappa shape index (κ1) is 21.4. The van der Waals surface area contributed by atoms with Gasteiger partial charge in [0.15, 0.2) is 0 Å². The molecular formula is C23H30N2O3S. The predicted molar refractivity (Wildman–Crippen MR) is 118 cm³/mol. The number of nitrogens with one attached hydrogen (secondary N) is 1. The fourth-order valence-corrected chi connectivity index (χ4v) is 4.98. The van der Waals surface area contributed by atoms with Crippen molar-refractivity contribution in [2.24, 2.45) is 5.73 Å². The normalized spacial score (nSPS) is 13.0. The summed E-state index contributed by atoms with van der Waals surface area (Å²) in [5.41, 5.74) is 7.64. The molecule has 0 unspecified atom stereocenters. The number of hydrogen-bond acceptors (Lipinski definition) is 4. The fourth-order valence-electron chi connectivity index (χ4n) is 3.69. The summed E-state index contributed by atoms with van der Waals surface area (Å²) in [5.74, 6) is 0.0565. The molecule has 0 bridgehead atoms. The number of amides is 2. The molecule has 1 heterocycles. The van der Waals surface area contributed by atoms with Gasteiger partial charge < -0.3 is 15.8 Å². The minimum absolute atomic E-state index is 0.239. The quantitative estimate of drug-likeness (QED) is 0.516. The van der Waals surface area contributed by atoms with Gasteiger partial charge in [0.25, 0.3) is 11.8 Å². The van der Waals surface area contributed by atoms with Crippen LogP contribution < -0.4 is 15.8 Å². The molecule has 0 saturated carbocycles. The number of hydrogen-bond donors (Lipinski definition) is 2. The molecule has 5 nitrogen and oxygen atoms in total. The molecule has 0 saturated heterocycles. The van der Waals surface area contributed by atoms with Crippen LogP contribution in [0.3, 0.4) is 0 Å². The maximum Gasteiger partial charge on any atom is 0.256 e. The molecule has 0 atom stereocenters. The molecule has 2 amide bonds. The lowest BCUT2D eigenvalue weighted by Crippen LogP contribution is -2.18. The van der Waals surface area contributed by atoms with E-state index in [1.54, 1.807) is 12.1 Å². The largest absolute Gasteiger partial charge is 0.494 e. The van der Waals surface area contributed by atoms with E-state index in [4.69, 9.17) is 10.5 Å². The first-order valence-corrected chi connectivity index (χ1v) is 11.4. The van der Waals surface area contributed by atoms with Crippen molar-refractivity contribution in [3.63, 3.8) is 0 Å². The molecule has 0 radical (unpaired) electrons. The summed E-state index contributed by atoms with van der Waals surface area (Å²) in [6, 6.07) is 7.13. The number of rotatable bonds is 10. The van der Waals surface area contributed by atoms with Crippen LogP contribution in [0.15, 0.2) is 24.3 Å². The molecule has 29 heavy (non-hydrogen) atoms. The van der Waals surface area contributed by atoms with Crippen LogP contribution in [0, 0.1) is 0 Å². The van der Waals surface area contributed by atoms with Crippen molar-refractivity contribution in [3.05, 3.63) is 45.8 Å². The smallest absolute Gasteiger partial charge is 0.256 e. The molecule has 1 aromatic heterocycles. The van der Waals surface area contributed by atoms with E-state index in [0.717, 1.165) is 43.4 Å². The van der Waals surface area contributed by atoms with E-state index in [2.05, 4.69) is 12.2 Å². The SMILES string of the molecule is CCCCCCCOc1ccc(C(=O)Nc2sc3c(c2C(N)=O)CCCC3)cc1. The lowest BCUT2D eigenvalue weighted by Gasteiger charge is -2.11. The number of primary amides is 1. The Labute approximate surface area is 176 Å². The first-order valence-electron chi connectivity index (χ1n) is 10.6. The Morgan fingerprint density at radius 1 is 1.07 bits per heavy atom. The van der Waals surface area contributed by atoms with Gasteiger partial charge in [0.1, 0.15) is 10.8 Å². The Hall–Kier alpha value is -2.34. The maximum atomic E-state index is 12.7. The second kappa shape index (κ2) is 10.4. The monoisotopic (exact) mass is 414 g/mol. The van der Waals surface area contributed by atoms with Gasteiger partial charge in [-0.25, -0.2) is 0 Å². The zero-order chi connectivity index (χ0) is 20.6. The van der Waals surface area contributed by atoms with E-state index in [1.807, 2.05) is 12.1 Å². The van der Waals surface area contributed by atoms with E-state index in [-0.39, 0.29) is 5.91 Å². The number of aryl methyl sites for hydroxylation is 1. The first-order chi connectivity index (χ1) is 14.1. The lowest BCUT2D eigenvalue weighted by atomic mass is 9.95. The molecule has 0 aliphatic heterocycles. The van der Waals surface area contributed by atoms with Gasteiger partial charge in [-0.15, -0.1) is 11.3 Å². The van der Waals surface area contributed by atoms with Gasteiger partial charge >= 0.3 is 0 Å². The van der Waals surface area contributed by atoms with Crippen LogP contribution in [0.5, 0.6) is 5.75 Å². The summed E-state index contributed by atoms with van der Waals surface area (Å²) in [6.07, 6.45) is 9.94. The number of anilines is 1. The zero-order valence-electron chi connectivity index (χ0n) is 17.1. The van der Waals surface area contributed by atoms with Gasteiger partial charge in [-0.1, -0.05) is 32.6 Å². The minimum Gasteiger partial charge on any atom is -0.494 e. The van der Waals surface area contributed by atoms with Crippen LogP contribution in [-0.4, -0.2) is 18.4 Å². The summed E-state index contributed by atoms with van der Waals surface area (Å²) in [4.78, 5) is 25.8. The topological polar surface area (TPSA) is 81.4 Å². The summed E-state index contributed by atoms with van der Waals surface area (Å²) >= 11 is 1.48. The van der Waals surface area contributed by atoms with Crippen molar-refractivity contribution in [3.8, 4) is 5.75 Å². The molecule has 1 aliphatic carbocycles. The number of nitrogens with two attached hydrogens (primary N) is 1. The van der Waals surface area contributed by atoms with Crippen molar-refractivity contribution >= 4 is 28.2 Å². The highest BCUT2D eigenvalue weighted by molar-refractivity contribution is 7.17. The van der Waals surface area contributed by atoms with Gasteiger partial charge in [0.2, 0.25) is 0 Å². The van der Waals surface area contributed by atoms with Gasteiger partial charge in [0.05, 0.1) is 12.2 Å². The molecule has 3 N–H and O–H groups in total. The van der Waals surface area contributed by atoms with Crippen molar-refractivity contribution in [2.45, 2.75) is 64.7 Å². The van der Waals surface area contributed by atoms with E-state index in [1.165, 1.54) is 41.9 Å². The molecule has 156 valence electrons. The lowest BCUT2D eigenvalue weighted by molar-refractivity contribution is 0.100. The zero-order valence-corrected chi connectivity index (χ0v) is 17.9. The number of carbonyl (C=O) groups is 2. The summed E-state index contributed by atoms with van der Waals surface area (Å²) in [6.45, 7) is 2.90. The van der Waals surface area contributed by atoms with Crippen LogP contribution >= 0.6 is 11.3 Å². The number of fused-ring (bicyclic) bond motifs is 1. The van der Waals surface area contributed by atoms with Crippen molar-refractivity contribution < 1.29 is 14.3 Å². The summed E-state index contributed by atoms with van der Waals surface area (Å²) in [7, 11) is 0. The predicted octanol–water partition coefficient (Wildman–Crippen LogP) is 5.33. The number of unbranched alkanes of at least 4 members (excludes halogenated alkanes) is 4. The highest BCUT2D eigenvalue weighted by Crippen LogP contribution is 2.38. The van der Waals surface area contributed by atoms with Crippen LogP contribution in [0.2, 0.25) is 0 Å². The van der Waals surface area contributed by atoms with Gasteiger partial charge in [0, 0.05) is 10.4 Å². The Bertz CT molecular complexity index is 843. The second-order valence-electron chi connectivity index (χ2n) is 7.52. The average molecular weight is 415 g/mol.